The van der Waals surface area contributed by atoms with Gasteiger partial charge in [-0.2, -0.15) is 0 Å². The van der Waals surface area contributed by atoms with Gasteiger partial charge in [0.05, 0.1) is 5.54 Å². The van der Waals surface area contributed by atoms with E-state index >= 15 is 0 Å². The standard InChI is InChI=1S/C23H30N2.ClH/c1-23(2)16-21-19-11-7-6-8-17(19)12-13-20(21)22(25-23)14-15-24-18-9-4-3-5-10-18;/h6-8,11-13,18,24H,3-5,9-10,14-16H2,1-2H3;1H. The van der Waals surface area contributed by atoms with Crippen molar-refractivity contribution in [2.45, 2.75) is 70.4 Å². The summed E-state index contributed by atoms with van der Waals surface area (Å²) in [6.07, 6.45) is 8.95. The number of benzene rings is 2. The molecule has 1 saturated carbocycles. The van der Waals surface area contributed by atoms with Gasteiger partial charge in [-0.1, -0.05) is 55.7 Å². The summed E-state index contributed by atoms with van der Waals surface area (Å²) in [4.78, 5) is 5.12. The summed E-state index contributed by atoms with van der Waals surface area (Å²) in [6.45, 7) is 5.59. The lowest BCUT2D eigenvalue weighted by molar-refractivity contribution is 0.377. The van der Waals surface area contributed by atoms with E-state index in [4.69, 9.17) is 4.99 Å². The van der Waals surface area contributed by atoms with Crippen molar-refractivity contribution in [1.29, 1.82) is 0 Å². The predicted molar refractivity (Wildman–Crippen MR) is 115 cm³/mol. The molecule has 140 valence electrons. The van der Waals surface area contributed by atoms with Crippen molar-refractivity contribution in [3.8, 4) is 0 Å². The molecule has 0 spiro atoms. The molecule has 4 rings (SSSR count). The number of hydrogen-bond acceptors (Lipinski definition) is 2. The highest BCUT2D eigenvalue weighted by Gasteiger charge is 2.27. The summed E-state index contributed by atoms with van der Waals surface area (Å²) in [5.74, 6) is 0. The van der Waals surface area contributed by atoms with Crippen LogP contribution >= 0.6 is 12.4 Å². The molecular formula is C23H31ClN2. The van der Waals surface area contributed by atoms with Crippen LogP contribution in [0.4, 0.5) is 0 Å². The highest BCUT2D eigenvalue weighted by atomic mass is 35.5. The molecule has 2 aliphatic rings. The van der Waals surface area contributed by atoms with Gasteiger partial charge in [0.25, 0.3) is 0 Å². The van der Waals surface area contributed by atoms with Crippen LogP contribution in [0.2, 0.25) is 0 Å². The maximum atomic E-state index is 5.12. The van der Waals surface area contributed by atoms with Crippen LogP contribution in [0.15, 0.2) is 41.4 Å². The van der Waals surface area contributed by atoms with E-state index in [0.717, 1.165) is 25.4 Å². The number of aliphatic imine (C=N–C) groups is 1. The number of nitrogens with zero attached hydrogens (tertiary/aromatic N) is 1. The number of hydrogen-bond donors (Lipinski definition) is 1. The molecule has 1 aliphatic carbocycles. The Hall–Kier alpha value is -1.38. The molecule has 1 fully saturated rings. The largest absolute Gasteiger partial charge is 0.314 e. The fourth-order valence-electron chi connectivity index (χ4n) is 4.59. The quantitative estimate of drug-likeness (QED) is 0.733. The average Bonchev–Trinajstić information content (AvgIpc) is 2.61. The lowest BCUT2D eigenvalue weighted by Gasteiger charge is -2.31. The number of halogens is 1. The number of rotatable bonds is 4. The van der Waals surface area contributed by atoms with Crippen LogP contribution in [0.25, 0.3) is 10.8 Å². The predicted octanol–water partition coefficient (Wildman–Crippen LogP) is 5.70. The van der Waals surface area contributed by atoms with Gasteiger partial charge in [-0.05, 0) is 55.0 Å². The zero-order valence-electron chi connectivity index (χ0n) is 16.1. The van der Waals surface area contributed by atoms with Crippen molar-refractivity contribution in [2.75, 3.05) is 6.54 Å². The lowest BCUT2D eigenvalue weighted by Crippen LogP contribution is -2.34. The van der Waals surface area contributed by atoms with Crippen LogP contribution in [-0.2, 0) is 6.42 Å². The molecule has 0 atom stereocenters. The van der Waals surface area contributed by atoms with Crippen molar-refractivity contribution in [3.05, 3.63) is 47.5 Å². The Morgan fingerprint density at radius 2 is 1.81 bits per heavy atom. The third kappa shape index (κ3) is 4.13. The average molecular weight is 371 g/mol. The molecule has 26 heavy (non-hydrogen) atoms. The van der Waals surface area contributed by atoms with Crippen molar-refractivity contribution in [2.24, 2.45) is 4.99 Å². The third-order valence-corrected chi connectivity index (χ3v) is 5.80. The first-order valence-electron chi connectivity index (χ1n) is 9.95. The van der Waals surface area contributed by atoms with E-state index in [0.29, 0.717) is 0 Å². The smallest absolute Gasteiger partial charge is 0.0596 e. The Morgan fingerprint density at radius 3 is 2.62 bits per heavy atom. The zero-order chi connectivity index (χ0) is 17.3. The Morgan fingerprint density at radius 1 is 1.04 bits per heavy atom. The molecule has 2 aromatic carbocycles. The molecule has 0 radical (unpaired) electrons. The van der Waals surface area contributed by atoms with Crippen molar-refractivity contribution >= 4 is 28.9 Å². The van der Waals surface area contributed by atoms with Crippen LogP contribution in [0.3, 0.4) is 0 Å². The minimum Gasteiger partial charge on any atom is -0.314 e. The molecule has 2 aromatic rings. The highest BCUT2D eigenvalue weighted by molar-refractivity contribution is 6.07. The topological polar surface area (TPSA) is 24.4 Å². The van der Waals surface area contributed by atoms with E-state index in [9.17, 15) is 0 Å². The van der Waals surface area contributed by atoms with Crippen LogP contribution < -0.4 is 5.32 Å². The minimum atomic E-state index is -0.00268. The first kappa shape index (κ1) is 19.4. The molecule has 0 unspecified atom stereocenters. The van der Waals surface area contributed by atoms with E-state index in [1.54, 1.807) is 0 Å². The maximum absolute atomic E-state index is 5.12. The Bertz CT molecular complexity index is 788. The van der Waals surface area contributed by atoms with Crippen LogP contribution in [0.1, 0.15) is 63.5 Å². The van der Waals surface area contributed by atoms with Crippen LogP contribution in [0.5, 0.6) is 0 Å². The zero-order valence-corrected chi connectivity index (χ0v) is 16.9. The Labute approximate surface area is 163 Å². The summed E-state index contributed by atoms with van der Waals surface area (Å²) in [5.41, 5.74) is 4.16. The van der Waals surface area contributed by atoms with E-state index < -0.39 is 0 Å². The summed E-state index contributed by atoms with van der Waals surface area (Å²) < 4.78 is 0. The first-order valence-corrected chi connectivity index (χ1v) is 9.95. The second-order valence-electron chi connectivity index (χ2n) is 8.40. The number of fused-ring (bicyclic) bond motifs is 3. The summed E-state index contributed by atoms with van der Waals surface area (Å²) in [5, 5.41) is 6.53. The molecule has 1 heterocycles. The van der Waals surface area contributed by atoms with Gasteiger partial charge >= 0.3 is 0 Å². The fourth-order valence-corrected chi connectivity index (χ4v) is 4.59. The molecule has 2 nitrogen and oxygen atoms in total. The van der Waals surface area contributed by atoms with Gasteiger partial charge in [0.1, 0.15) is 0 Å². The first-order chi connectivity index (χ1) is 12.1. The monoisotopic (exact) mass is 370 g/mol. The summed E-state index contributed by atoms with van der Waals surface area (Å²) in [7, 11) is 0. The van der Waals surface area contributed by atoms with Gasteiger partial charge in [-0.25, -0.2) is 0 Å². The van der Waals surface area contributed by atoms with E-state index in [1.807, 2.05) is 0 Å². The van der Waals surface area contributed by atoms with E-state index in [-0.39, 0.29) is 17.9 Å². The van der Waals surface area contributed by atoms with E-state index in [1.165, 1.54) is 59.7 Å². The Kier molecular flexibility index (Phi) is 6.04. The van der Waals surface area contributed by atoms with Crippen molar-refractivity contribution in [1.82, 2.24) is 5.32 Å². The fraction of sp³-hybridized carbons (Fsp3) is 0.522. The summed E-state index contributed by atoms with van der Waals surface area (Å²) in [6, 6.07) is 14.1. The molecule has 1 aliphatic heterocycles. The van der Waals surface area contributed by atoms with Crippen molar-refractivity contribution < 1.29 is 0 Å². The lowest BCUT2D eigenvalue weighted by atomic mass is 9.83. The van der Waals surface area contributed by atoms with Crippen molar-refractivity contribution in [3.63, 3.8) is 0 Å². The molecule has 0 amide bonds. The molecule has 1 N–H and O–H groups in total. The molecule has 0 saturated heterocycles. The molecule has 0 bridgehead atoms. The molecule has 0 aromatic heterocycles. The number of nitrogens with one attached hydrogen (secondary N) is 1. The normalized spacial score (nSPS) is 19.5. The maximum Gasteiger partial charge on any atom is 0.0596 e. The Balaban J connectivity index is 0.00000196. The SMILES string of the molecule is CC1(C)Cc2c(ccc3ccccc23)C(CCNC2CCCCC2)=N1.Cl. The van der Waals surface area contributed by atoms with Gasteiger partial charge < -0.3 is 5.32 Å². The second-order valence-corrected chi connectivity index (χ2v) is 8.40. The second kappa shape index (κ2) is 8.10. The molecule has 3 heteroatoms. The van der Waals surface area contributed by atoms with Crippen LogP contribution in [0, 0.1) is 0 Å². The van der Waals surface area contributed by atoms with Gasteiger partial charge in [-0.3, -0.25) is 4.99 Å². The minimum absolute atomic E-state index is 0. The molecular weight excluding hydrogens is 340 g/mol. The van der Waals surface area contributed by atoms with E-state index in [2.05, 4.69) is 55.6 Å². The van der Waals surface area contributed by atoms with Gasteiger partial charge in [0.2, 0.25) is 0 Å². The highest BCUT2D eigenvalue weighted by Crippen LogP contribution is 2.33. The van der Waals surface area contributed by atoms with Gasteiger partial charge in [-0.15, -0.1) is 12.4 Å². The van der Waals surface area contributed by atoms with Gasteiger partial charge in [0, 0.05) is 24.7 Å². The third-order valence-electron chi connectivity index (χ3n) is 5.80. The summed E-state index contributed by atoms with van der Waals surface area (Å²) >= 11 is 0. The van der Waals surface area contributed by atoms with Gasteiger partial charge in [0.15, 0.2) is 0 Å². The van der Waals surface area contributed by atoms with Crippen LogP contribution in [-0.4, -0.2) is 23.8 Å².